The second-order valence-corrected chi connectivity index (χ2v) is 6.65. The number of hydrogen-bond acceptors (Lipinski definition) is 5. The van der Waals surface area contributed by atoms with Crippen LogP contribution in [0.1, 0.15) is 13.8 Å². The SMILES string of the molecule is CC(N)C(C)C(=O)Nc1ccc(OCCN2CCN(C)CC2)cc1.Cl.Cl.Cl. The molecule has 9 heteroatoms. The largest absolute Gasteiger partial charge is 0.492 e. The van der Waals surface area contributed by atoms with Crippen LogP contribution in [-0.4, -0.2) is 68.1 Å². The van der Waals surface area contributed by atoms with E-state index in [-0.39, 0.29) is 55.1 Å². The average Bonchev–Trinajstić information content (AvgIpc) is 2.57. The molecule has 0 bridgehead atoms. The van der Waals surface area contributed by atoms with Crippen LogP contribution in [0.15, 0.2) is 24.3 Å². The number of carbonyl (C=O) groups is 1. The molecule has 0 radical (unpaired) electrons. The van der Waals surface area contributed by atoms with Crippen LogP contribution < -0.4 is 15.8 Å². The molecule has 3 N–H and O–H groups in total. The summed E-state index contributed by atoms with van der Waals surface area (Å²) >= 11 is 0. The summed E-state index contributed by atoms with van der Waals surface area (Å²) in [7, 11) is 2.16. The zero-order valence-corrected chi connectivity index (χ0v) is 18.7. The van der Waals surface area contributed by atoms with E-state index in [1.165, 1.54) is 0 Å². The maximum absolute atomic E-state index is 12.0. The number of amides is 1. The Bertz CT molecular complexity index is 524. The van der Waals surface area contributed by atoms with Gasteiger partial charge in [0, 0.05) is 44.5 Å². The third-order valence-corrected chi connectivity index (χ3v) is 4.60. The van der Waals surface area contributed by atoms with Crippen LogP contribution in [-0.2, 0) is 4.79 Å². The summed E-state index contributed by atoms with van der Waals surface area (Å²) in [6.45, 7) is 9.72. The van der Waals surface area contributed by atoms with E-state index in [0.29, 0.717) is 6.61 Å². The lowest BCUT2D eigenvalue weighted by Crippen LogP contribution is -2.45. The van der Waals surface area contributed by atoms with Gasteiger partial charge in [0.05, 0.1) is 5.92 Å². The van der Waals surface area contributed by atoms with Gasteiger partial charge in [-0.25, -0.2) is 0 Å². The standard InChI is InChI=1S/C18H30N4O2.3ClH/c1-14(15(2)19)18(23)20-16-4-6-17(7-5-16)24-13-12-22-10-8-21(3)9-11-22;;;/h4-7,14-15H,8-13,19H2,1-3H3,(H,20,23);3*1H. The molecule has 2 rings (SSSR count). The molecule has 158 valence electrons. The van der Waals surface area contributed by atoms with E-state index in [2.05, 4.69) is 22.2 Å². The predicted molar refractivity (Wildman–Crippen MR) is 119 cm³/mol. The summed E-state index contributed by atoms with van der Waals surface area (Å²) in [5.41, 5.74) is 6.51. The highest BCUT2D eigenvalue weighted by Gasteiger charge is 2.17. The highest BCUT2D eigenvalue weighted by molar-refractivity contribution is 5.92. The zero-order valence-electron chi connectivity index (χ0n) is 16.2. The van der Waals surface area contributed by atoms with Crippen molar-refractivity contribution in [3.05, 3.63) is 24.3 Å². The molecule has 1 amide bonds. The highest BCUT2D eigenvalue weighted by atomic mass is 35.5. The first-order valence-electron chi connectivity index (χ1n) is 8.66. The smallest absolute Gasteiger partial charge is 0.228 e. The van der Waals surface area contributed by atoms with Crippen molar-refractivity contribution < 1.29 is 9.53 Å². The zero-order chi connectivity index (χ0) is 17.5. The number of ether oxygens (including phenoxy) is 1. The van der Waals surface area contributed by atoms with Gasteiger partial charge in [0.2, 0.25) is 5.91 Å². The van der Waals surface area contributed by atoms with Crippen LogP contribution in [0.3, 0.4) is 0 Å². The van der Waals surface area contributed by atoms with Gasteiger partial charge in [-0.3, -0.25) is 9.69 Å². The number of nitrogens with one attached hydrogen (secondary N) is 1. The molecular formula is C18H33Cl3N4O2. The van der Waals surface area contributed by atoms with E-state index in [4.69, 9.17) is 10.5 Å². The summed E-state index contributed by atoms with van der Waals surface area (Å²) < 4.78 is 5.79. The fraction of sp³-hybridized carbons (Fsp3) is 0.611. The predicted octanol–water partition coefficient (Wildman–Crippen LogP) is 2.50. The molecule has 1 heterocycles. The van der Waals surface area contributed by atoms with Gasteiger partial charge in [0.1, 0.15) is 12.4 Å². The van der Waals surface area contributed by atoms with Crippen molar-refractivity contribution in [3.8, 4) is 5.75 Å². The van der Waals surface area contributed by atoms with Gasteiger partial charge < -0.3 is 20.7 Å². The molecule has 1 aliphatic heterocycles. The van der Waals surface area contributed by atoms with Crippen LogP contribution in [0.2, 0.25) is 0 Å². The Balaban J connectivity index is 0. The minimum absolute atomic E-state index is 0. The van der Waals surface area contributed by atoms with Gasteiger partial charge in [-0.1, -0.05) is 6.92 Å². The maximum Gasteiger partial charge on any atom is 0.228 e. The third-order valence-electron chi connectivity index (χ3n) is 4.60. The molecule has 0 spiro atoms. The lowest BCUT2D eigenvalue weighted by atomic mass is 10.0. The molecule has 6 nitrogen and oxygen atoms in total. The molecule has 0 aliphatic carbocycles. The normalized spacial score (nSPS) is 16.7. The second kappa shape index (κ2) is 14.3. The van der Waals surface area contributed by atoms with Gasteiger partial charge in [0.15, 0.2) is 0 Å². The van der Waals surface area contributed by atoms with Crippen LogP contribution in [0.25, 0.3) is 0 Å². The van der Waals surface area contributed by atoms with E-state index in [1.54, 1.807) is 0 Å². The van der Waals surface area contributed by atoms with E-state index in [0.717, 1.165) is 44.2 Å². The van der Waals surface area contributed by atoms with Crippen molar-refractivity contribution in [2.75, 3.05) is 51.7 Å². The lowest BCUT2D eigenvalue weighted by Gasteiger charge is -2.32. The monoisotopic (exact) mass is 442 g/mol. The Hall–Kier alpha value is -0.760. The fourth-order valence-corrected chi connectivity index (χ4v) is 2.49. The van der Waals surface area contributed by atoms with Gasteiger partial charge in [0.25, 0.3) is 0 Å². The maximum atomic E-state index is 12.0. The van der Waals surface area contributed by atoms with Crippen LogP contribution in [0.4, 0.5) is 5.69 Å². The number of anilines is 1. The first kappa shape index (κ1) is 28.4. The molecule has 1 aromatic rings. The Morgan fingerprint density at radius 1 is 1.11 bits per heavy atom. The summed E-state index contributed by atoms with van der Waals surface area (Å²) in [4.78, 5) is 16.7. The van der Waals surface area contributed by atoms with Crippen molar-refractivity contribution in [2.24, 2.45) is 11.7 Å². The lowest BCUT2D eigenvalue weighted by molar-refractivity contribution is -0.119. The van der Waals surface area contributed by atoms with E-state index < -0.39 is 0 Å². The van der Waals surface area contributed by atoms with E-state index >= 15 is 0 Å². The molecule has 1 fully saturated rings. The number of piperazine rings is 1. The second-order valence-electron chi connectivity index (χ2n) is 6.65. The Labute approximate surface area is 181 Å². The summed E-state index contributed by atoms with van der Waals surface area (Å²) in [6, 6.07) is 7.32. The molecular weight excluding hydrogens is 411 g/mol. The van der Waals surface area contributed by atoms with Crippen molar-refractivity contribution in [1.29, 1.82) is 0 Å². The summed E-state index contributed by atoms with van der Waals surface area (Å²) in [5, 5.41) is 2.87. The van der Waals surface area contributed by atoms with Crippen LogP contribution in [0, 0.1) is 5.92 Å². The molecule has 0 aromatic heterocycles. The van der Waals surface area contributed by atoms with Crippen molar-refractivity contribution in [1.82, 2.24) is 9.80 Å². The number of rotatable bonds is 7. The minimum Gasteiger partial charge on any atom is -0.492 e. The van der Waals surface area contributed by atoms with Crippen LogP contribution >= 0.6 is 37.2 Å². The minimum atomic E-state index is -0.218. The number of hydrogen-bond donors (Lipinski definition) is 2. The first-order valence-corrected chi connectivity index (χ1v) is 8.66. The third kappa shape index (κ3) is 9.83. The highest BCUT2D eigenvalue weighted by Crippen LogP contribution is 2.17. The Morgan fingerprint density at radius 3 is 2.19 bits per heavy atom. The fourth-order valence-electron chi connectivity index (χ4n) is 2.49. The average molecular weight is 444 g/mol. The number of carbonyl (C=O) groups excluding carboxylic acids is 1. The molecule has 1 aromatic carbocycles. The number of nitrogens with two attached hydrogens (primary N) is 1. The molecule has 27 heavy (non-hydrogen) atoms. The van der Waals surface area contributed by atoms with Crippen LogP contribution in [0.5, 0.6) is 5.75 Å². The van der Waals surface area contributed by atoms with Gasteiger partial charge in [-0.2, -0.15) is 0 Å². The topological polar surface area (TPSA) is 70.8 Å². The summed E-state index contributed by atoms with van der Waals surface area (Å²) in [5.74, 6) is 0.542. The first-order chi connectivity index (χ1) is 11.5. The Morgan fingerprint density at radius 2 is 1.67 bits per heavy atom. The van der Waals surface area contributed by atoms with Gasteiger partial charge >= 0.3 is 0 Å². The van der Waals surface area contributed by atoms with Crippen molar-refractivity contribution in [3.63, 3.8) is 0 Å². The summed E-state index contributed by atoms with van der Waals surface area (Å²) in [6.07, 6.45) is 0. The van der Waals surface area contributed by atoms with E-state index in [9.17, 15) is 4.79 Å². The van der Waals surface area contributed by atoms with E-state index in [1.807, 2.05) is 38.1 Å². The number of nitrogens with zero attached hydrogens (tertiary/aromatic N) is 2. The molecule has 1 saturated heterocycles. The number of likely N-dealkylation sites (N-methyl/N-ethyl adjacent to an activating group) is 1. The number of benzene rings is 1. The molecule has 2 atom stereocenters. The molecule has 0 saturated carbocycles. The van der Waals surface area contributed by atoms with Crippen molar-refractivity contribution >= 4 is 48.8 Å². The Kier molecular flexibility index (Phi) is 15.0. The quantitative estimate of drug-likeness (QED) is 0.677. The molecule has 1 aliphatic rings. The van der Waals surface area contributed by atoms with Crippen molar-refractivity contribution in [2.45, 2.75) is 19.9 Å². The number of halogens is 3. The van der Waals surface area contributed by atoms with Gasteiger partial charge in [-0.05, 0) is 38.2 Å². The van der Waals surface area contributed by atoms with Gasteiger partial charge in [-0.15, -0.1) is 37.2 Å². The molecule has 2 unspecified atom stereocenters.